The first kappa shape index (κ1) is 20.7. The van der Waals surface area contributed by atoms with Gasteiger partial charge in [-0.3, -0.25) is 4.79 Å². The van der Waals surface area contributed by atoms with Crippen molar-refractivity contribution in [3.05, 3.63) is 95.1 Å². The van der Waals surface area contributed by atoms with E-state index in [4.69, 9.17) is 0 Å². The van der Waals surface area contributed by atoms with Crippen LogP contribution in [0, 0.1) is 5.82 Å². The van der Waals surface area contributed by atoms with Crippen molar-refractivity contribution in [3.63, 3.8) is 0 Å². The SMILES string of the molecule is CC(C)(C)c1ccc(C(=O)Cc2cc(NCc3cccc(F)c3)n3nccc3n2)cc1. The predicted molar refractivity (Wildman–Crippen MR) is 120 cm³/mol. The van der Waals surface area contributed by atoms with E-state index in [1.165, 1.54) is 17.7 Å². The highest BCUT2D eigenvalue weighted by Crippen LogP contribution is 2.23. The molecule has 0 aliphatic rings. The molecule has 2 aromatic carbocycles. The smallest absolute Gasteiger partial charge is 0.168 e. The molecular weight excluding hydrogens is 391 g/mol. The number of rotatable bonds is 6. The van der Waals surface area contributed by atoms with Crippen molar-refractivity contribution < 1.29 is 9.18 Å². The second kappa shape index (κ2) is 8.30. The Morgan fingerprint density at radius 3 is 2.55 bits per heavy atom. The summed E-state index contributed by atoms with van der Waals surface area (Å²) in [5, 5.41) is 7.57. The Labute approximate surface area is 181 Å². The zero-order valence-corrected chi connectivity index (χ0v) is 17.9. The second-order valence-corrected chi connectivity index (χ2v) is 8.64. The Hall–Kier alpha value is -3.54. The van der Waals surface area contributed by atoms with Gasteiger partial charge in [-0.15, -0.1) is 0 Å². The molecule has 6 heteroatoms. The van der Waals surface area contributed by atoms with Crippen molar-refractivity contribution >= 4 is 17.2 Å². The summed E-state index contributed by atoms with van der Waals surface area (Å²) < 4.78 is 15.1. The largest absolute Gasteiger partial charge is 0.366 e. The zero-order valence-electron chi connectivity index (χ0n) is 17.9. The molecule has 158 valence electrons. The first-order chi connectivity index (χ1) is 14.8. The van der Waals surface area contributed by atoms with Gasteiger partial charge in [-0.25, -0.2) is 9.37 Å². The molecule has 0 atom stereocenters. The van der Waals surface area contributed by atoms with E-state index in [0.29, 0.717) is 29.3 Å². The number of anilines is 1. The molecule has 4 aromatic rings. The van der Waals surface area contributed by atoms with E-state index in [-0.39, 0.29) is 23.4 Å². The fourth-order valence-corrected chi connectivity index (χ4v) is 3.44. The topological polar surface area (TPSA) is 59.3 Å². The third-order valence-corrected chi connectivity index (χ3v) is 5.19. The minimum atomic E-state index is -0.276. The van der Waals surface area contributed by atoms with Crippen LogP contribution < -0.4 is 5.32 Å². The molecule has 31 heavy (non-hydrogen) atoms. The lowest BCUT2D eigenvalue weighted by molar-refractivity contribution is 0.0992. The van der Waals surface area contributed by atoms with Crippen LogP contribution in [0.5, 0.6) is 0 Å². The van der Waals surface area contributed by atoms with E-state index >= 15 is 0 Å². The van der Waals surface area contributed by atoms with Crippen molar-refractivity contribution in [2.24, 2.45) is 0 Å². The molecule has 0 fully saturated rings. The fourth-order valence-electron chi connectivity index (χ4n) is 3.44. The number of hydrogen-bond acceptors (Lipinski definition) is 4. The molecule has 0 aliphatic carbocycles. The zero-order chi connectivity index (χ0) is 22.0. The van der Waals surface area contributed by atoms with Crippen molar-refractivity contribution in [1.82, 2.24) is 14.6 Å². The van der Waals surface area contributed by atoms with Gasteiger partial charge in [0.15, 0.2) is 11.4 Å². The molecule has 0 saturated carbocycles. The predicted octanol–water partition coefficient (Wildman–Crippen LogP) is 5.20. The van der Waals surface area contributed by atoms with Crippen molar-refractivity contribution in [3.8, 4) is 0 Å². The molecule has 0 bridgehead atoms. The van der Waals surface area contributed by atoms with E-state index < -0.39 is 0 Å². The maximum absolute atomic E-state index is 13.5. The summed E-state index contributed by atoms with van der Waals surface area (Å²) in [6.45, 7) is 6.87. The number of halogens is 1. The van der Waals surface area contributed by atoms with Gasteiger partial charge in [0, 0.05) is 24.2 Å². The highest BCUT2D eigenvalue weighted by Gasteiger charge is 2.16. The molecule has 1 N–H and O–H groups in total. The Bertz CT molecular complexity index is 1220. The summed E-state index contributed by atoms with van der Waals surface area (Å²) in [5.41, 5.74) is 4.01. The number of nitrogens with one attached hydrogen (secondary N) is 1. The Balaban J connectivity index is 1.54. The van der Waals surface area contributed by atoms with Crippen LogP contribution in [0.15, 0.2) is 66.9 Å². The maximum Gasteiger partial charge on any atom is 0.168 e. The first-order valence-electron chi connectivity index (χ1n) is 10.3. The lowest BCUT2D eigenvalue weighted by atomic mass is 9.86. The molecule has 0 radical (unpaired) electrons. The average molecular weight is 417 g/mol. The molecule has 0 amide bonds. The monoisotopic (exact) mass is 416 g/mol. The number of Topliss-reactive ketones (excluding diaryl/α,β-unsaturated/α-hetero) is 1. The van der Waals surface area contributed by atoms with Gasteiger partial charge in [-0.05, 0) is 28.7 Å². The Morgan fingerprint density at radius 1 is 1.06 bits per heavy atom. The Morgan fingerprint density at radius 2 is 1.84 bits per heavy atom. The molecular formula is C25H25FN4O. The second-order valence-electron chi connectivity index (χ2n) is 8.64. The van der Waals surface area contributed by atoms with Crippen molar-refractivity contribution in [2.75, 3.05) is 5.32 Å². The number of hydrogen-bond donors (Lipinski definition) is 1. The van der Waals surface area contributed by atoms with E-state index in [1.54, 1.807) is 22.8 Å². The lowest BCUT2D eigenvalue weighted by Crippen LogP contribution is -2.12. The summed E-state index contributed by atoms with van der Waals surface area (Å²) >= 11 is 0. The molecule has 4 rings (SSSR count). The molecule has 2 heterocycles. The molecule has 2 aromatic heterocycles. The number of aromatic nitrogens is 3. The van der Waals surface area contributed by atoms with Gasteiger partial charge in [-0.1, -0.05) is 57.2 Å². The third kappa shape index (κ3) is 4.79. The van der Waals surface area contributed by atoms with Crippen LogP contribution in [0.25, 0.3) is 5.65 Å². The van der Waals surface area contributed by atoms with Crippen molar-refractivity contribution in [2.45, 2.75) is 39.2 Å². The summed E-state index contributed by atoms with van der Waals surface area (Å²) in [4.78, 5) is 17.4. The van der Waals surface area contributed by atoms with Crippen LogP contribution >= 0.6 is 0 Å². The summed E-state index contributed by atoms with van der Waals surface area (Å²) in [5.74, 6) is 0.431. The summed E-state index contributed by atoms with van der Waals surface area (Å²) in [7, 11) is 0. The van der Waals surface area contributed by atoms with Crippen LogP contribution in [0.3, 0.4) is 0 Å². The van der Waals surface area contributed by atoms with E-state index in [9.17, 15) is 9.18 Å². The quantitative estimate of drug-likeness (QED) is 0.439. The molecule has 5 nitrogen and oxygen atoms in total. The fraction of sp³-hybridized carbons (Fsp3) is 0.240. The standard InChI is InChI=1S/C25H25FN4O/c1-25(2,3)19-9-7-18(8-10-19)22(31)14-21-15-24(30-23(29-21)11-12-28-30)27-16-17-5-4-6-20(26)13-17/h4-13,15,27H,14,16H2,1-3H3. The van der Waals surface area contributed by atoms with E-state index in [2.05, 4.69) is 36.2 Å². The molecule has 0 unspecified atom stereocenters. The minimum Gasteiger partial charge on any atom is -0.366 e. The number of ketones is 1. The average Bonchev–Trinajstić information content (AvgIpc) is 3.20. The molecule has 0 saturated heterocycles. The number of benzene rings is 2. The van der Waals surface area contributed by atoms with Gasteiger partial charge in [0.1, 0.15) is 11.6 Å². The van der Waals surface area contributed by atoms with Gasteiger partial charge in [0.2, 0.25) is 0 Å². The first-order valence-corrected chi connectivity index (χ1v) is 10.3. The third-order valence-electron chi connectivity index (χ3n) is 5.19. The van der Waals surface area contributed by atoms with Crippen LogP contribution in [-0.2, 0) is 18.4 Å². The number of nitrogens with zero attached hydrogens (tertiary/aromatic N) is 3. The summed E-state index contributed by atoms with van der Waals surface area (Å²) in [6, 6.07) is 17.8. The van der Waals surface area contributed by atoms with Crippen molar-refractivity contribution in [1.29, 1.82) is 0 Å². The van der Waals surface area contributed by atoms with Gasteiger partial charge in [0.25, 0.3) is 0 Å². The lowest BCUT2D eigenvalue weighted by Gasteiger charge is -2.19. The van der Waals surface area contributed by atoms with Gasteiger partial charge in [-0.2, -0.15) is 9.61 Å². The van der Waals surface area contributed by atoms with Crippen LogP contribution in [0.2, 0.25) is 0 Å². The normalized spacial score (nSPS) is 11.6. The Kier molecular flexibility index (Phi) is 5.55. The number of carbonyl (C=O) groups excluding carboxylic acids is 1. The highest BCUT2D eigenvalue weighted by atomic mass is 19.1. The molecule has 0 spiro atoms. The van der Waals surface area contributed by atoms with E-state index in [0.717, 1.165) is 5.56 Å². The van der Waals surface area contributed by atoms with Crippen LogP contribution in [0.1, 0.15) is 48.0 Å². The van der Waals surface area contributed by atoms with Crippen LogP contribution in [-0.4, -0.2) is 20.4 Å². The molecule has 0 aliphatic heterocycles. The highest BCUT2D eigenvalue weighted by molar-refractivity contribution is 5.97. The minimum absolute atomic E-state index is 0.00732. The van der Waals surface area contributed by atoms with Gasteiger partial charge in [0.05, 0.1) is 18.3 Å². The number of fused-ring (bicyclic) bond motifs is 1. The van der Waals surface area contributed by atoms with Crippen LogP contribution in [0.4, 0.5) is 10.2 Å². The van der Waals surface area contributed by atoms with Gasteiger partial charge >= 0.3 is 0 Å². The van der Waals surface area contributed by atoms with E-state index in [1.807, 2.05) is 36.4 Å². The van der Waals surface area contributed by atoms with Gasteiger partial charge < -0.3 is 5.32 Å². The number of carbonyl (C=O) groups is 1. The summed E-state index contributed by atoms with van der Waals surface area (Å²) in [6.07, 6.45) is 1.84. The maximum atomic E-state index is 13.5.